The molecule has 4 heteroatoms. The number of pyridine rings is 1. The summed E-state index contributed by atoms with van der Waals surface area (Å²) in [4.78, 5) is 4.33. The van der Waals surface area contributed by atoms with Crippen LogP contribution < -0.4 is 0 Å². The van der Waals surface area contributed by atoms with E-state index < -0.39 is 0 Å². The van der Waals surface area contributed by atoms with E-state index in [9.17, 15) is 10.2 Å². The molecule has 1 heterocycles. The number of aromatic hydroxyl groups is 2. The average Bonchev–Trinajstić information content (AvgIpc) is 2.51. The summed E-state index contributed by atoms with van der Waals surface area (Å²) in [5, 5.41) is 22.2. The van der Waals surface area contributed by atoms with Crippen LogP contribution >= 0.6 is 15.9 Å². The minimum atomic E-state index is 0.214. The van der Waals surface area contributed by atoms with Crippen LogP contribution in [-0.2, 0) is 6.42 Å². The van der Waals surface area contributed by atoms with Crippen molar-refractivity contribution < 1.29 is 10.2 Å². The normalized spacial score (nSPS) is 11.0. The van der Waals surface area contributed by atoms with Crippen molar-refractivity contribution in [2.75, 3.05) is 0 Å². The lowest BCUT2D eigenvalue weighted by molar-refractivity contribution is 0.461. The third-order valence-electron chi connectivity index (χ3n) is 3.68. The van der Waals surface area contributed by atoms with E-state index in [1.54, 1.807) is 12.3 Å². The molecule has 0 saturated carbocycles. The topological polar surface area (TPSA) is 53.4 Å². The Morgan fingerprint density at radius 2 is 1.67 bits per heavy atom. The minimum absolute atomic E-state index is 0.214. The number of phenols is 2. The lowest BCUT2D eigenvalue weighted by Gasteiger charge is -2.14. The average molecular weight is 344 g/mol. The molecule has 1 aromatic heterocycles. The molecule has 0 saturated heterocycles. The van der Waals surface area contributed by atoms with Gasteiger partial charge in [0.25, 0.3) is 0 Å². The van der Waals surface area contributed by atoms with Gasteiger partial charge in [0.2, 0.25) is 0 Å². The molecule has 3 rings (SSSR count). The van der Waals surface area contributed by atoms with Crippen LogP contribution in [-0.4, -0.2) is 15.2 Å². The molecule has 0 unspecified atom stereocenters. The number of hydrogen-bond acceptors (Lipinski definition) is 3. The molecule has 21 heavy (non-hydrogen) atoms. The molecule has 0 aliphatic heterocycles. The fourth-order valence-electron chi connectivity index (χ4n) is 2.49. The SMILES string of the molecule is Cc1c(Cc2ccc(Br)cn2)c(O)c2ccccc2c1O. The lowest BCUT2D eigenvalue weighted by Crippen LogP contribution is -1.97. The van der Waals surface area contributed by atoms with Crippen molar-refractivity contribution in [3.8, 4) is 11.5 Å². The van der Waals surface area contributed by atoms with Crippen LogP contribution in [0.3, 0.4) is 0 Å². The first kappa shape index (κ1) is 13.9. The molecule has 0 bridgehead atoms. The maximum Gasteiger partial charge on any atom is 0.127 e. The van der Waals surface area contributed by atoms with Crippen molar-refractivity contribution in [2.45, 2.75) is 13.3 Å². The molecule has 106 valence electrons. The number of nitrogens with zero attached hydrogens (tertiary/aromatic N) is 1. The number of halogens is 1. The highest BCUT2D eigenvalue weighted by atomic mass is 79.9. The number of aromatic nitrogens is 1. The second-order valence-corrected chi connectivity index (χ2v) is 5.91. The molecule has 0 amide bonds. The van der Waals surface area contributed by atoms with E-state index in [-0.39, 0.29) is 11.5 Å². The van der Waals surface area contributed by atoms with Gasteiger partial charge in [0.15, 0.2) is 0 Å². The van der Waals surface area contributed by atoms with Crippen LogP contribution in [0.4, 0.5) is 0 Å². The molecular weight excluding hydrogens is 330 g/mol. The zero-order valence-corrected chi connectivity index (χ0v) is 13.1. The van der Waals surface area contributed by atoms with Crippen LogP contribution in [0.1, 0.15) is 16.8 Å². The zero-order chi connectivity index (χ0) is 15.0. The Hall–Kier alpha value is -2.07. The molecule has 0 radical (unpaired) electrons. The zero-order valence-electron chi connectivity index (χ0n) is 11.5. The molecule has 2 N–H and O–H groups in total. The van der Waals surface area contributed by atoms with E-state index in [0.717, 1.165) is 10.2 Å². The lowest BCUT2D eigenvalue weighted by atomic mass is 9.95. The first-order valence-corrected chi connectivity index (χ1v) is 7.39. The Bertz CT molecular complexity index is 813. The van der Waals surface area contributed by atoms with Gasteiger partial charge in [-0.15, -0.1) is 0 Å². The van der Waals surface area contributed by atoms with E-state index in [1.165, 1.54) is 0 Å². The summed E-state index contributed by atoms with van der Waals surface area (Å²) in [5.74, 6) is 0.432. The van der Waals surface area contributed by atoms with Crippen LogP contribution in [0.2, 0.25) is 0 Å². The second kappa shape index (κ2) is 5.37. The maximum absolute atomic E-state index is 10.5. The smallest absolute Gasteiger partial charge is 0.127 e. The van der Waals surface area contributed by atoms with Gasteiger partial charge in [0.1, 0.15) is 11.5 Å². The Balaban J connectivity index is 2.16. The molecule has 3 aromatic rings. The van der Waals surface area contributed by atoms with E-state index >= 15 is 0 Å². The molecular formula is C17H14BrNO2. The van der Waals surface area contributed by atoms with Crippen molar-refractivity contribution in [2.24, 2.45) is 0 Å². The van der Waals surface area contributed by atoms with Crippen molar-refractivity contribution in [3.63, 3.8) is 0 Å². The number of fused-ring (bicyclic) bond motifs is 1. The summed E-state index contributed by atoms with van der Waals surface area (Å²) < 4.78 is 0.911. The number of benzene rings is 2. The third-order valence-corrected chi connectivity index (χ3v) is 4.15. The first-order chi connectivity index (χ1) is 10.1. The van der Waals surface area contributed by atoms with E-state index in [4.69, 9.17) is 0 Å². The monoisotopic (exact) mass is 343 g/mol. The molecule has 3 nitrogen and oxygen atoms in total. The molecule has 0 atom stereocenters. The van der Waals surface area contributed by atoms with Crippen LogP contribution in [0.15, 0.2) is 47.1 Å². The molecule has 0 spiro atoms. The second-order valence-electron chi connectivity index (χ2n) is 4.99. The van der Waals surface area contributed by atoms with Gasteiger partial charge in [0, 0.05) is 39.1 Å². The maximum atomic E-state index is 10.5. The van der Waals surface area contributed by atoms with Crippen molar-refractivity contribution in [1.29, 1.82) is 0 Å². The van der Waals surface area contributed by atoms with Crippen LogP contribution in [0.5, 0.6) is 11.5 Å². The molecule has 0 aliphatic carbocycles. The van der Waals surface area contributed by atoms with Crippen LogP contribution in [0, 0.1) is 6.92 Å². The van der Waals surface area contributed by atoms with Crippen molar-refractivity contribution >= 4 is 26.7 Å². The van der Waals surface area contributed by atoms with Gasteiger partial charge >= 0.3 is 0 Å². The predicted molar refractivity (Wildman–Crippen MR) is 86.8 cm³/mol. The highest BCUT2D eigenvalue weighted by molar-refractivity contribution is 9.10. The van der Waals surface area contributed by atoms with Crippen LogP contribution in [0.25, 0.3) is 10.8 Å². The van der Waals surface area contributed by atoms with Gasteiger partial charge in [-0.05, 0) is 40.5 Å². The van der Waals surface area contributed by atoms with Crippen molar-refractivity contribution in [3.05, 3.63) is 63.9 Å². The quantitative estimate of drug-likeness (QED) is 0.681. The van der Waals surface area contributed by atoms with Gasteiger partial charge in [-0.2, -0.15) is 0 Å². The molecule has 0 aliphatic rings. The molecule has 0 fully saturated rings. The fraction of sp³-hybridized carbons (Fsp3) is 0.118. The number of rotatable bonds is 2. The third kappa shape index (κ3) is 2.47. The largest absolute Gasteiger partial charge is 0.507 e. The Morgan fingerprint density at radius 3 is 2.29 bits per heavy atom. The van der Waals surface area contributed by atoms with E-state index in [0.29, 0.717) is 28.3 Å². The first-order valence-electron chi connectivity index (χ1n) is 6.60. The van der Waals surface area contributed by atoms with E-state index in [1.807, 2.05) is 37.3 Å². The van der Waals surface area contributed by atoms with Gasteiger partial charge in [-0.25, -0.2) is 0 Å². The van der Waals surface area contributed by atoms with Crippen molar-refractivity contribution in [1.82, 2.24) is 4.98 Å². The Kier molecular flexibility index (Phi) is 3.55. The number of hydrogen-bond donors (Lipinski definition) is 2. The Labute approximate surface area is 131 Å². The Morgan fingerprint density at radius 1 is 1.00 bits per heavy atom. The summed E-state index contributed by atoms with van der Waals surface area (Å²) >= 11 is 3.35. The van der Waals surface area contributed by atoms with Gasteiger partial charge < -0.3 is 10.2 Å². The number of phenolic OH excluding ortho intramolecular Hbond substituents is 2. The summed E-state index contributed by atoms with van der Waals surface area (Å²) in [6.07, 6.45) is 2.20. The minimum Gasteiger partial charge on any atom is -0.507 e. The summed E-state index contributed by atoms with van der Waals surface area (Å²) in [6.45, 7) is 1.82. The van der Waals surface area contributed by atoms with E-state index in [2.05, 4.69) is 20.9 Å². The van der Waals surface area contributed by atoms with Gasteiger partial charge in [0.05, 0.1) is 0 Å². The molecule has 2 aromatic carbocycles. The summed E-state index contributed by atoms with van der Waals surface area (Å²) in [7, 11) is 0. The summed E-state index contributed by atoms with van der Waals surface area (Å²) in [6, 6.07) is 11.1. The predicted octanol–water partition coefficient (Wildman–Crippen LogP) is 4.31. The van der Waals surface area contributed by atoms with Gasteiger partial charge in [-0.1, -0.05) is 24.3 Å². The highest BCUT2D eigenvalue weighted by Crippen LogP contribution is 2.39. The highest BCUT2D eigenvalue weighted by Gasteiger charge is 2.16. The van der Waals surface area contributed by atoms with Gasteiger partial charge in [-0.3, -0.25) is 4.98 Å². The standard InChI is InChI=1S/C17H14BrNO2/c1-10-15(8-12-7-6-11(18)9-19-12)17(21)14-5-3-2-4-13(14)16(10)20/h2-7,9,20-21H,8H2,1H3. The summed E-state index contributed by atoms with van der Waals surface area (Å²) in [5.41, 5.74) is 2.24. The fourth-order valence-corrected chi connectivity index (χ4v) is 2.72.